The van der Waals surface area contributed by atoms with E-state index in [0.717, 1.165) is 21.7 Å². The average molecular weight is 482 g/mol. The highest BCUT2D eigenvalue weighted by molar-refractivity contribution is 7.98. The number of thioether (sulfide) groups is 1. The topological polar surface area (TPSA) is 83.6 Å². The Hall–Kier alpha value is -3.25. The molecule has 0 radical (unpaired) electrons. The molecule has 3 aromatic rings. The summed E-state index contributed by atoms with van der Waals surface area (Å²) in [6.07, 6.45) is 1.20. The molecule has 9 heteroatoms. The third kappa shape index (κ3) is 5.28. The second-order valence-corrected chi connectivity index (χ2v) is 9.26. The molecule has 4 rings (SSSR count). The fraction of sp³-hybridized carbons (Fsp3) is 0.360. The van der Waals surface area contributed by atoms with Crippen LogP contribution in [0.2, 0.25) is 0 Å². The molecule has 2 aromatic carbocycles. The van der Waals surface area contributed by atoms with Gasteiger partial charge in [0.25, 0.3) is 0 Å². The van der Waals surface area contributed by atoms with Crippen LogP contribution in [-0.2, 0) is 11.3 Å². The van der Waals surface area contributed by atoms with Crippen LogP contribution in [0.25, 0.3) is 11.3 Å². The number of nitriles is 1. The number of benzene rings is 2. The molecule has 34 heavy (non-hydrogen) atoms. The highest BCUT2D eigenvalue weighted by Gasteiger charge is 2.46. The molecule has 1 aliphatic rings. The molecular formula is C25H25F2N5OS. The Kier molecular flexibility index (Phi) is 7.27. The standard InChI is InChI=1S/C25H25F2N5OS/c1-34-19-9-7-18(8-10-19)23-22(30-31-32(23)16-17-5-3-2-4-6-17)20-11-12-25(26,27)15-21(20)24(33)29-14-13-28/h2-10,20-21H,11-12,14-16H2,1H3,(H,29,33). The lowest BCUT2D eigenvalue weighted by molar-refractivity contribution is -0.133. The average Bonchev–Trinajstić information content (AvgIpc) is 3.25. The normalized spacial score (nSPS) is 19.4. The molecule has 1 amide bonds. The van der Waals surface area contributed by atoms with Crippen molar-refractivity contribution in [1.82, 2.24) is 20.3 Å². The number of hydrogen-bond donors (Lipinski definition) is 1. The number of hydrogen-bond acceptors (Lipinski definition) is 5. The lowest BCUT2D eigenvalue weighted by atomic mass is 9.74. The van der Waals surface area contributed by atoms with Crippen molar-refractivity contribution in [2.75, 3.05) is 12.8 Å². The summed E-state index contributed by atoms with van der Waals surface area (Å²) in [5, 5.41) is 20.1. The van der Waals surface area contributed by atoms with Crippen LogP contribution in [0.1, 0.15) is 36.4 Å². The Bertz CT molecular complexity index is 1170. The second kappa shape index (κ2) is 10.3. The van der Waals surface area contributed by atoms with Crippen LogP contribution in [0.4, 0.5) is 8.78 Å². The number of carbonyl (C=O) groups excluding carboxylic acids is 1. The predicted molar refractivity (Wildman–Crippen MR) is 126 cm³/mol. The zero-order chi connectivity index (χ0) is 24.1. The van der Waals surface area contributed by atoms with E-state index in [9.17, 15) is 13.6 Å². The van der Waals surface area contributed by atoms with E-state index in [1.165, 1.54) is 0 Å². The smallest absolute Gasteiger partial charge is 0.249 e. The molecular weight excluding hydrogens is 456 g/mol. The molecule has 6 nitrogen and oxygen atoms in total. The van der Waals surface area contributed by atoms with Crippen molar-refractivity contribution in [3.63, 3.8) is 0 Å². The Morgan fingerprint density at radius 2 is 1.97 bits per heavy atom. The number of nitrogens with one attached hydrogen (secondary N) is 1. The minimum Gasteiger partial charge on any atom is -0.343 e. The summed E-state index contributed by atoms with van der Waals surface area (Å²) in [4.78, 5) is 13.9. The Morgan fingerprint density at radius 3 is 2.65 bits per heavy atom. The molecule has 1 aliphatic carbocycles. The van der Waals surface area contributed by atoms with Gasteiger partial charge in [-0.1, -0.05) is 47.7 Å². The Morgan fingerprint density at radius 1 is 1.24 bits per heavy atom. The number of nitrogens with zero attached hydrogens (tertiary/aromatic N) is 4. The first-order chi connectivity index (χ1) is 16.4. The lowest BCUT2D eigenvalue weighted by Gasteiger charge is -2.34. The first-order valence-electron chi connectivity index (χ1n) is 11.1. The van der Waals surface area contributed by atoms with Crippen molar-refractivity contribution >= 4 is 17.7 Å². The third-order valence-electron chi connectivity index (χ3n) is 6.15. The van der Waals surface area contributed by atoms with Crippen LogP contribution in [0.3, 0.4) is 0 Å². The number of alkyl halides is 2. The van der Waals surface area contributed by atoms with Crippen molar-refractivity contribution in [1.29, 1.82) is 5.26 Å². The van der Waals surface area contributed by atoms with Gasteiger partial charge >= 0.3 is 0 Å². The van der Waals surface area contributed by atoms with Gasteiger partial charge in [0.15, 0.2) is 0 Å². The quantitative estimate of drug-likeness (QED) is 0.384. The molecule has 2 unspecified atom stereocenters. The largest absolute Gasteiger partial charge is 0.343 e. The fourth-order valence-electron chi connectivity index (χ4n) is 4.48. The molecule has 0 bridgehead atoms. The molecule has 176 valence electrons. The zero-order valence-electron chi connectivity index (χ0n) is 18.7. The molecule has 1 saturated carbocycles. The van der Waals surface area contributed by atoms with Crippen molar-refractivity contribution < 1.29 is 13.6 Å². The first-order valence-corrected chi connectivity index (χ1v) is 12.3. The Balaban J connectivity index is 1.77. The van der Waals surface area contributed by atoms with E-state index in [4.69, 9.17) is 5.26 Å². The first kappa shape index (κ1) is 23.9. The minimum atomic E-state index is -2.94. The van der Waals surface area contributed by atoms with E-state index in [2.05, 4.69) is 15.6 Å². The number of rotatable bonds is 7. The van der Waals surface area contributed by atoms with Gasteiger partial charge in [-0.2, -0.15) is 5.26 Å². The molecule has 2 atom stereocenters. The molecule has 1 N–H and O–H groups in total. The van der Waals surface area contributed by atoms with Crippen molar-refractivity contribution in [3.8, 4) is 17.3 Å². The number of carbonyl (C=O) groups is 1. The van der Waals surface area contributed by atoms with Crippen LogP contribution in [0, 0.1) is 17.2 Å². The predicted octanol–water partition coefficient (Wildman–Crippen LogP) is 4.87. The second-order valence-electron chi connectivity index (χ2n) is 8.38. The molecule has 1 aromatic heterocycles. The SMILES string of the molecule is CSc1ccc(-c2c(C3CCC(F)(F)CC3C(=O)NCC#N)nnn2Cc2ccccc2)cc1. The van der Waals surface area contributed by atoms with Gasteiger partial charge in [-0.25, -0.2) is 13.5 Å². The molecule has 0 saturated heterocycles. The van der Waals surface area contributed by atoms with Gasteiger partial charge in [0.2, 0.25) is 11.8 Å². The summed E-state index contributed by atoms with van der Waals surface area (Å²) in [6, 6.07) is 19.6. The van der Waals surface area contributed by atoms with Crippen LogP contribution in [0.5, 0.6) is 0 Å². The lowest BCUT2D eigenvalue weighted by Crippen LogP contribution is -2.41. The van der Waals surface area contributed by atoms with E-state index in [0.29, 0.717) is 12.2 Å². The van der Waals surface area contributed by atoms with Crippen LogP contribution >= 0.6 is 11.8 Å². The van der Waals surface area contributed by atoms with Gasteiger partial charge in [-0.05, 0) is 30.4 Å². The van der Waals surface area contributed by atoms with Gasteiger partial charge < -0.3 is 5.32 Å². The monoisotopic (exact) mass is 481 g/mol. The molecule has 0 aliphatic heterocycles. The van der Waals surface area contributed by atoms with Gasteiger partial charge in [0, 0.05) is 29.2 Å². The summed E-state index contributed by atoms with van der Waals surface area (Å²) in [5.74, 6) is -5.01. The summed E-state index contributed by atoms with van der Waals surface area (Å²) >= 11 is 1.62. The molecule has 1 fully saturated rings. The fourth-order valence-corrected chi connectivity index (χ4v) is 4.89. The summed E-state index contributed by atoms with van der Waals surface area (Å²) in [5.41, 5.74) is 3.16. The van der Waals surface area contributed by atoms with Crippen molar-refractivity contribution in [2.45, 2.75) is 42.5 Å². The van der Waals surface area contributed by atoms with E-state index in [1.54, 1.807) is 16.4 Å². The van der Waals surface area contributed by atoms with Crippen LogP contribution < -0.4 is 5.32 Å². The van der Waals surface area contributed by atoms with E-state index < -0.39 is 30.1 Å². The number of aromatic nitrogens is 3. The van der Waals surface area contributed by atoms with Gasteiger partial charge in [-0.15, -0.1) is 16.9 Å². The van der Waals surface area contributed by atoms with Gasteiger partial charge in [0.1, 0.15) is 6.54 Å². The van der Waals surface area contributed by atoms with Crippen molar-refractivity contribution in [2.24, 2.45) is 5.92 Å². The van der Waals surface area contributed by atoms with Gasteiger partial charge in [-0.3, -0.25) is 4.79 Å². The van der Waals surface area contributed by atoms with Crippen molar-refractivity contribution in [3.05, 3.63) is 65.9 Å². The zero-order valence-corrected chi connectivity index (χ0v) is 19.6. The van der Waals surface area contributed by atoms with Crippen LogP contribution in [-0.4, -0.2) is 39.6 Å². The number of amides is 1. The highest BCUT2D eigenvalue weighted by Crippen LogP contribution is 2.46. The number of halogens is 2. The summed E-state index contributed by atoms with van der Waals surface area (Å²) in [6.45, 7) is 0.235. The maximum atomic E-state index is 14.3. The van der Waals surface area contributed by atoms with E-state index in [-0.39, 0.29) is 19.4 Å². The summed E-state index contributed by atoms with van der Waals surface area (Å²) in [7, 11) is 0. The minimum absolute atomic E-state index is 0.109. The van der Waals surface area contributed by atoms with E-state index in [1.807, 2.05) is 66.9 Å². The van der Waals surface area contributed by atoms with Crippen LogP contribution in [0.15, 0.2) is 59.5 Å². The maximum absolute atomic E-state index is 14.3. The van der Waals surface area contributed by atoms with E-state index >= 15 is 0 Å². The Labute approximate surface area is 201 Å². The molecule has 0 spiro atoms. The summed E-state index contributed by atoms with van der Waals surface area (Å²) < 4.78 is 30.4. The highest BCUT2D eigenvalue weighted by atomic mass is 32.2. The molecule has 1 heterocycles. The third-order valence-corrected chi connectivity index (χ3v) is 6.90. The van der Waals surface area contributed by atoms with Gasteiger partial charge in [0.05, 0.1) is 29.9 Å². The maximum Gasteiger partial charge on any atom is 0.249 e.